The molecule has 4 aromatic carbocycles. The van der Waals surface area contributed by atoms with Crippen LogP contribution < -0.4 is 10.3 Å². The molecule has 0 bridgehead atoms. The molecule has 0 aliphatic carbocycles. The van der Waals surface area contributed by atoms with E-state index in [1.165, 1.54) is 10.9 Å². The number of aromatic nitrogens is 2. The van der Waals surface area contributed by atoms with Crippen molar-refractivity contribution in [2.24, 2.45) is 5.10 Å². The van der Waals surface area contributed by atoms with E-state index in [9.17, 15) is 4.79 Å². The lowest BCUT2D eigenvalue weighted by Crippen LogP contribution is -2.20. The van der Waals surface area contributed by atoms with Gasteiger partial charge in [-0.05, 0) is 87.7 Å². The standard InChI is InChI=1S/C30H17BrCl3N3O3/c31-23-11-18(12-24(34)28(23)39-16-17-5-7-20(32)8-6-17)15-35-37-29(36-25-4-2-1-3-22(25)30(37)38)27-14-19-13-21(33)9-10-26(19)40-27/h1-15H,16H2. The van der Waals surface area contributed by atoms with E-state index in [0.717, 1.165) is 10.9 Å². The average molecular weight is 654 g/mol. The Kier molecular flexibility index (Phi) is 7.38. The molecule has 0 fully saturated rings. The number of hydrogen-bond acceptors (Lipinski definition) is 5. The SMILES string of the molecule is O=c1c2ccccc2nc(-c2cc3cc(Cl)ccc3o2)n1N=Cc1cc(Cl)c(OCc2ccc(Cl)cc2)c(Br)c1. The summed E-state index contributed by atoms with van der Waals surface area (Å²) in [5, 5.41) is 7.31. The van der Waals surface area contributed by atoms with Crippen LogP contribution in [0.25, 0.3) is 33.5 Å². The molecule has 0 spiro atoms. The van der Waals surface area contributed by atoms with Crippen LogP contribution in [-0.4, -0.2) is 15.9 Å². The minimum absolute atomic E-state index is 0.250. The Hall–Kier alpha value is -3.62. The number of rotatable bonds is 6. The number of furan rings is 1. The van der Waals surface area contributed by atoms with Crippen LogP contribution in [0.5, 0.6) is 5.75 Å². The smallest absolute Gasteiger partial charge is 0.282 e. The Labute approximate surface area is 251 Å². The van der Waals surface area contributed by atoms with Gasteiger partial charge in [0.05, 0.1) is 26.6 Å². The van der Waals surface area contributed by atoms with Gasteiger partial charge in [0, 0.05) is 15.4 Å². The van der Waals surface area contributed by atoms with Gasteiger partial charge in [0.15, 0.2) is 11.5 Å². The Bertz CT molecular complexity index is 1960. The van der Waals surface area contributed by atoms with Crippen molar-refractivity contribution in [1.82, 2.24) is 9.66 Å². The molecule has 6 aromatic rings. The fraction of sp³-hybridized carbons (Fsp3) is 0.0333. The van der Waals surface area contributed by atoms with Crippen LogP contribution in [0, 0.1) is 0 Å². The van der Waals surface area contributed by atoms with Crippen LogP contribution in [0.3, 0.4) is 0 Å². The molecule has 40 heavy (non-hydrogen) atoms. The lowest BCUT2D eigenvalue weighted by atomic mass is 10.2. The highest BCUT2D eigenvalue weighted by molar-refractivity contribution is 9.10. The molecule has 0 saturated heterocycles. The van der Waals surface area contributed by atoms with Crippen LogP contribution in [-0.2, 0) is 6.61 Å². The summed E-state index contributed by atoms with van der Waals surface area (Å²) < 4.78 is 13.8. The quantitative estimate of drug-likeness (QED) is 0.168. The van der Waals surface area contributed by atoms with Gasteiger partial charge in [-0.1, -0.05) is 59.1 Å². The van der Waals surface area contributed by atoms with Gasteiger partial charge in [-0.25, -0.2) is 4.98 Å². The van der Waals surface area contributed by atoms with Gasteiger partial charge in [-0.3, -0.25) is 4.79 Å². The molecule has 198 valence electrons. The van der Waals surface area contributed by atoms with E-state index in [0.29, 0.717) is 59.7 Å². The molecular formula is C30H17BrCl3N3O3. The normalized spacial score (nSPS) is 11.6. The number of ether oxygens (including phenoxy) is 1. The molecule has 0 amide bonds. The van der Waals surface area contributed by atoms with Crippen molar-refractivity contribution in [3.05, 3.63) is 126 Å². The van der Waals surface area contributed by atoms with Gasteiger partial charge in [0.1, 0.15) is 12.2 Å². The Morgan fingerprint density at radius 2 is 1.73 bits per heavy atom. The second kappa shape index (κ2) is 11.1. The number of hydrogen-bond donors (Lipinski definition) is 0. The maximum Gasteiger partial charge on any atom is 0.282 e. The summed E-state index contributed by atoms with van der Waals surface area (Å²) in [5.74, 6) is 1.11. The van der Waals surface area contributed by atoms with Crippen molar-refractivity contribution in [2.45, 2.75) is 6.61 Å². The lowest BCUT2D eigenvalue weighted by molar-refractivity contribution is 0.304. The van der Waals surface area contributed by atoms with Crippen molar-refractivity contribution < 1.29 is 9.15 Å². The molecule has 0 saturated carbocycles. The maximum absolute atomic E-state index is 13.5. The Balaban J connectivity index is 1.37. The van der Waals surface area contributed by atoms with E-state index >= 15 is 0 Å². The lowest BCUT2D eigenvalue weighted by Gasteiger charge is -2.11. The van der Waals surface area contributed by atoms with Crippen LogP contribution in [0.4, 0.5) is 0 Å². The number of para-hydroxylation sites is 1. The molecule has 2 heterocycles. The third kappa shape index (κ3) is 5.38. The average Bonchev–Trinajstić information content (AvgIpc) is 3.36. The summed E-state index contributed by atoms with van der Waals surface area (Å²) in [6, 6.07) is 25.0. The predicted octanol–water partition coefficient (Wildman–Crippen LogP) is 8.99. The van der Waals surface area contributed by atoms with E-state index in [1.54, 1.807) is 66.7 Å². The largest absolute Gasteiger partial charge is 0.486 e. The molecule has 0 N–H and O–H groups in total. The number of nitrogens with zero attached hydrogens (tertiary/aromatic N) is 3. The highest BCUT2D eigenvalue weighted by Gasteiger charge is 2.17. The molecule has 0 aliphatic rings. The summed E-state index contributed by atoms with van der Waals surface area (Å²) in [5.41, 5.74) is 2.38. The zero-order chi connectivity index (χ0) is 27.8. The third-order valence-corrected chi connectivity index (χ3v) is 7.45. The van der Waals surface area contributed by atoms with E-state index in [4.69, 9.17) is 48.9 Å². The summed E-state index contributed by atoms with van der Waals surface area (Å²) in [7, 11) is 0. The van der Waals surface area contributed by atoms with Gasteiger partial charge in [0.2, 0.25) is 5.82 Å². The molecule has 2 aromatic heterocycles. The summed E-state index contributed by atoms with van der Waals surface area (Å²) in [4.78, 5) is 18.2. The number of benzene rings is 4. The van der Waals surface area contributed by atoms with Crippen LogP contribution in [0.1, 0.15) is 11.1 Å². The van der Waals surface area contributed by atoms with Gasteiger partial charge in [-0.15, -0.1) is 0 Å². The fourth-order valence-corrected chi connectivity index (χ4v) is 5.46. The van der Waals surface area contributed by atoms with Crippen molar-refractivity contribution >= 4 is 78.8 Å². The van der Waals surface area contributed by atoms with Gasteiger partial charge in [-0.2, -0.15) is 9.78 Å². The van der Waals surface area contributed by atoms with Gasteiger partial charge < -0.3 is 9.15 Å². The van der Waals surface area contributed by atoms with Gasteiger partial charge >= 0.3 is 0 Å². The molecule has 6 nitrogen and oxygen atoms in total. The highest BCUT2D eigenvalue weighted by atomic mass is 79.9. The minimum atomic E-state index is -0.344. The second-order valence-corrected chi connectivity index (χ2v) is 11.0. The zero-order valence-electron chi connectivity index (χ0n) is 20.4. The molecule has 10 heteroatoms. The molecule has 0 unspecified atom stereocenters. The summed E-state index contributed by atoms with van der Waals surface area (Å²) in [6.07, 6.45) is 1.53. The molecule has 0 aliphatic heterocycles. The molecule has 0 radical (unpaired) electrons. The highest BCUT2D eigenvalue weighted by Crippen LogP contribution is 2.35. The van der Waals surface area contributed by atoms with E-state index in [1.807, 2.05) is 18.2 Å². The first-order valence-electron chi connectivity index (χ1n) is 12.0. The maximum atomic E-state index is 13.5. The number of halogens is 4. The minimum Gasteiger partial charge on any atom is -0.486 e. The van der Waals surface area contributed by atoms with Crippen LogP contribution >= 0.6 is 50.7 Å². The topological polar surface area (TPSA) is 69.6 Å². The first kappa shape index (κ1) is 26.6. The Morgan fingerprint density at radius 3 is 2.52 bits per heavy atom. The summed E-state index contributed by atoms with van der Waals surface area (Å²) >= 11 is 22.2. The molecule has 0 atom stereocenters. The van der Waals surface area contributed by atoms with Gasteiger partial charge in [0.25, 0.3) is 5.56 Å². The molecular weight excluding hydrogens is 637 g/mol. The zero-order valence-corrected chi connectivity index (χ0v) is 24.3. The van der Waals surface area contributed by atoms with Crippen LogP contribution in [0.2, 0.25) is 15.1 Å². The van der Waals surface area contributed by atoms with Crippen LogP contribution in [0.15, 0.2) is 104 Å². The Morgan fingerprint density at radius 1 is 0.950 bits per heavy atom. The van der Waals surface area contributed by atoms with Crippen molar-refractivity contribution in [1.29, 1.82) is 0 Å². The van der Waals surface area contributed by atoms with E-state index < -0.39 is 0 Å². The third-order valence-electron chi connectivity index (χ3n) is 6.09. The second-order valence-electron chi connectivity index (χ2n) is 8.84. The number of fused-ring (bicyclic) bond motifs is 2. The monoisotopic (exact) mass is 651 g/mol. The predicted molar refractivity (Wildman–Crippen MR) is 164 cm³/mol. The first-order valence-corrected chi connectivity index (χ1v) is 13.9. The van der Waals surface area contributed by atoms with Crippen molar-refractivity contribution in [2.75, 3.05) is 0 Å². The van der Waals surface area contributed by atoms with E-state index in [-0.39, 0.29) is 11.4 Å². The fourth-order valence-electron chi connectivity index (χ4n) is 4.17. The summed E-state index contributed by atoms with van der Waals surface area (Å²) in [6.45, 7) is 0.313. The van der Waals surface area contributed by atoms with Crippen molar-refractivity contribution in [3.63, 3.8) is 0 Å². The first-order chi connectivity index (χ1) is 19.4. The molecule has 6 rings (SSSR count). The van der Waals surface area contributed by atoms with Crippen molar-refractivity contribution in [3.8, 4) is 17.3 Å². The van der Waals surface area contributed by atoms with E-state index in [2.05, 4.69) is 21.0 Å².